The van der Waals surface area contributed by atoms with Crippen molar-refractivity contribution in [2.24, 2.45) is 0 Å². The first-order valence-corrected chi connectivity index (χ1v) is 10.9. The number of likely N-dealkylation sites (tertiary alicyclic amines) is 1. The lowest BCUT2D eigenvalue weighted by Crippen LogP contribution is -2.30. The van der Waals surface area contributed by atoms with E-state index in [-0.39, 0.29) is 5.82 Å². The highest BCUT2D eigenvalue weighted by Gasteiger charge is 2.19. The van der Waals surface area contributed by atoms with E-state index in [4.69, 9.17) is 11.6 Å². The van der Waals surface area contributed by atoms with Gasteiger partial charge < -0.3 is 0 Å². The van der Waals surface area contributed by atoms with Crippen molar-refractivity contribution >= 4 is 23.4 Å². The Morgan fingerprint density at radius 1 is 1.00 bits per heavy atom. The molecule has 1 fully saturated rings. The van der Waals surface area contributed by atoms with Crippen LogP contribution >= 0.6 is 23.4 Å². The summed E-state index contributed by atoms with van der Waals surface area (Å²) in [6, 6.07) is 14.7. The highest BCUT2D eigenvalue weighted by atomic mass is 35.5. The van der Waals surface area contributed by atoms with Gasteiger partial charge in [-0.15, -0.1) is 10.2 Å². The summed E-state index contributed by atoms with van der Waals surface area (Å²) in [6.45, 7) is 3.00. The Morgan fingerprint density at radius 2 is 1.79 bits per heavy atom. The van der Waals surface area contributed by atoms with Gasteiger partial charge in [0, 0.05) is 16.5 Å². The molecule has 0 saturated carbocycles. The third kappa shape index (κ3) is 4.57. The van der Waals surface area contributed by atoms with Crippen LogP contribution in [0.5, 0.6) is 0 Å². The third-order valence-corrected chi connectivity index (χ3v) is 6.23. The fourth-order valence-corrected chi connectivity index (χ4v) is 4.72. The number of hydrogen-bond donors (Lipinski definition) is 0. The second kappa shape index (κ2) is 9.07. The number of nitrogens with zero attached hydrogens (tertiary/aromatic N) is 4. The maximum absolute atomic E-state index is 13.3. The summed E-state index contributed by atoms with van der Waals surface area (Å²) in [4.78, 5) is 2.44. The van der Waals surface area contributed by atoms with Gasteiger partial charge in [0.05, 0.1) is 6.54 Å². The van der Waals surface area contributed by atoms with Gasteiger partial charge in [0.15, 0.2) is 11.0 Å². The monoisotopic (exact) mass is 416 g/mol. The van der Waals surface area contributed by atoms with E-state index in [0.717, 1.165) is 41.9 Å². The second-order valence-corrected chi connectivity index (χ2v) is 8.28. The molecule has 1 aliphatic heterocycles. The van der Waals surface area contributed by atoms with Crippen LogP contribution in [-0.4, -0.2) is 32.8 Å². The zero-order chi connectivity index (χ0) is 19.3. The molecule has 0 amide bonds. The minimum atomic E-state index is -0.324. The number of thioether (sulfide) groups is 1. The Labute approximate surface area is 173 Å². The lowest BCUT2D eigenvalue weighted by molar-refractivity contribution is 0.214. The fraction of sp³-hybridized carbons (Fsp3) is 0.333. The second-order valence-electron chi connectivity index (χ2n) is 6.93. The van der Waals surface area contributed by atoms with Gasteiger partial charge in [0.2, 0.25) is 0 Å². The summed E-state index contributed by atoms with van der Waals surface area (Å²) in [5.74, 6) is 1.23. The molecule has 1 saturated heterocycles. The van der Waals surface area contributed by atoms with Crippen molar-refractivity contribution in [2.75, 3.05) is 13.1 Å². The standard InChI is InChI=1S/C21H22ClFN4S/c22-19-13-17(23)10-9-16(19)15-28-21-25-24-20(14-26-11-5-2-6-12-26)27(21)18-7-3-1-4-8-18/h1,3-4,7-10,13H,2,5-6,11-12,14-15H2. The lowest BCUT2D eigenvalue weighted by atomic mass is 10.1. The van der Waals surface area contributed by atoms with Gasteiger partial charge in [-0.05, 0) is 55.8 Å². The minimum Gasteiger partial charge on any atom is -0.296 e. The van der Waals surface area contributed by atoms with E-state index >= 15 is 0 Å². The number of para-hydroxylation sites is 1. The van der Waals surface area contributed by atoms with Crippen LogP contribution in [0.1, 0.15) is 30.7 Å². The van der Waals surface area contributed by atoms with Crippen molar-refractivity contribution in [3.05, 3.63) is 70.8 Å². The van der Waals surface area contributed by atoms with Crippen LogP contribution in [0, 0.1) is 5.82 Å². The van der Waals surface area contributed by atoms with E-state index < -0.39 is 0 Å². The van der Waals surface area contributed by atoms with E-state index in [0.29, 0.717) is 10.8 Å². The Kier molecular flexibility index (Phi) is 6.29. The molecule has 146 valence electrons. The normalized spacial score (nSPS) is 15.1. The molecule has 1 aliphatic rings. The molecule has 0 N–H and O–H groups in total. The molecular formula is C21H22ClFN4S. The van der Waals surface area contributed by atoms with E-state index in [2.05, 4.69) is 31.8 Å². The number of hydrogen-bond acceptors (Lipinski definition) is 4. The molecule has 4 rings (SSSR count). The molecule has 28 heavy (non-hydrogen) atoms. The lowest BCUT2D eigenvalue weighted by Gasteiger charge is -2.26. The summed E-state index contributed by atoms with van der Waals surface area (Å²) < 4.78 is 15.4. The molecule has 4 nitrogen and oxygen atoms in total. The van der Waals surface area contributed by atoms with Crippen LogP contribution in [0.15, 0.2) is 53.7 Å². The molecule has 0 radical (unpaired) electrons. The summed E-state index contributed by atoms with van der Waals surface area (Å²) >= 11 is 7.75. The van der Waals surface area contributed by atoms with Crippen LogP contribution < -0.4 is 0 Å². The number of piperidine rings is 1. The Bertz CT molecular complexity index is 925. The maximum Gasteiger partial charge on any atom is 0.196 e. The van der Waals surface area contributed by atoms with Gasteiger partial charge in [-0.2, -0.15) is 0 Å². The first-order valence-electron chi connectivity index (χ1n) is 9.49. The van der Waals surface area contributed by atoms with E-state index in [1.54, 1.807) is 17.8 Å². The molecule has 0 bridgehead atoms. The zero-order valence-electron chi connectivity index (χ0n) is 15.5. The molecule has 0 unspecified atom stereocenters. The summed E-state index contributed by atoms with van der Waals surface area (Å²) in [7, 11) is 0. The summed E-state index contributed by atoms with van der Waals surface area (Å²) in [5, 5.41) is 10.2. The van der Waals surface area contributed by atoms with Crippen molar-refractivity contribution in [2.45, 2.75) is 36.7 Å². The molecule has 7 heteroatoms. The number of benzene rings is 2. The quantitative estimate of drug-likeness (QED) is 0.508. The predicted molar refractivity (Wildman–Crippen MR) is 111 cm³/mol. The molecule has 2 aromatic carbocycles. The molecule has 0 aliphatic carbocycles. The molecular weight excluding hydrogens is 395 g/mol. The predicted octanol–water partition coefficient (Wildman–Crippen LogP) is 5.34. The van der Waals surface area contributed by atoms with Crippen LogP contribution in [0.4, 0.5) is 4.39 Å². The third-order valence-electron chi connectivity index (χ3n) is 4.90. The average molecular weight is 417 g/mol. The van der Waals surface area contributed by atoms with Crippen LogP contribution in [-0.2, 0) is 12.3 Å². The van der Waals surface area contributed by atoms with Gasteiger partial charge >= 0.3 is 0 Å². The minimum absolute atomic E-state index is 0.324. The first-order chi connectivity index (χ1) is 13.7. The SMILES string of the molecule is Fc1ccc(CSc2nnc(CN3CCCCC3)n2-c2ccccc2)c(Cl)c1. The van der Waals surface area contributed by atoms with E-state index in [1.807, 2.05) is 18.2 Å². The summed E-state index contributed by atoms with van der Waals surface area (Å²) in [6.07, 6.45) is 3.79. The number of halogens is 2. The smallest absolute Gasteiger partial charge is 0.196 e. The molecule has 3 aromatic rings. The van der Waals surface area contributed by atoms with Gasteiger partial charge in [-0.1, -0.05) is 54.0 Å². The molecule has 1 aromatic heterocycles. The average Bonchev–Trinajstić information content (AvgIpc) is 3.11. The van der Waals surface area contributed by atoms with Crippen LogP contribution in [0.2, 0.25) is 5.02 Å². The van der Waals surface area contributed by atoms with Gasteiger partial charge in [0.25, 0.3) is 0 Å². The van der Waals surface area contributed by atoms with Crippen molar-refractivity contribution < 1.29 is 4.39 Å². The Balaban J connectivity index is 1.59. The highest BCUT2D eigenvalue weighted by molar-refractivity contribution is 7.98. The topological polar surface area (TPSA) is 34.0 Å². The molecule has 2 heterocycles. The van der Waals surface area contributed by atoms with E-state index in [1.165, 1.54) is 31.4 Å². The highest BCUT2D eigenvalue weighted by Crippen LogP contribution is 2.29. The van der Waals surface area contributed by atoms with Gasteiger partial charge in [-0.25, -0.2) is 4.39 Å². The zero-order valence-corrected chi connectivity index (χ0v) is 17.1. The Morgan fingerprint density at radius 3 is 2.54 bits per heavy atom. The van der Waals surface area contributed by atoms with Crippen molar-refractivity contribution in [1.29, 1.82) is 0 Å². The maximum atomic E-state index is 13.3. The van der Waals surface area contributed by atoms with Crippen molar-refractivity contribution in [1.82, 2.24) is 19.7 Å². The Hall–Kier alpha value is -1.89. The first kappa shape index (κ1) is 19.4. The fourth-order valence-electron chi connectivity index (χ4n) is 3.43. The number of rotatable bonds is 6. The van der Waals surface area contributed by atoms with Gasteiger partial charge in [0.1, 0.15) is 5.82 Å². The van der Waals surface area contributed by atoms with Crippen LogP contribution in [0.25, 0.3) is 5.69 Å². The molecule has 0 atom stereocenters. The van der Waals surface area contributed by atoms with Crippen LogP contribution in [0.3, 0.4) is 0 Å². The van der Waals surface area contributed by atoms with Crippen molar-refractivity contribution in [3.8, 4) is 5.69 Å². The number of aromatic nitrogens is 3. The largest absolute Gasteiger partial charge is 0.296 e. The van der Waals surface area contributed by atoms with Gasteiger partial charge in [-0.3, -0.25) is 9.47 Å². The van der Waals surface area contributed by atoms with E-state index in [9.17, 15) is 4.39 Å². The van der Waals surface area contributed by atoms with Crippen molar-refractivity contribution in [3.63, 3.8) is 0 Å². The molecule has 0 spiro atoms. The summed E-state index contributed by atoms with van der Waals surface area (Å²) in [5.41, 5.74) is 1.93.